The number of rotatable bonds is 7. The van der Waals surface area contributed by atoms with E-state index in [9.17, 15) is 0 Å². The summed E-state index contributed by atoms with van der Waals surface area (Å²) in [5.74, 6) is 1.28. The highest BCUT2D eigenvalue weighted by atomic mass is 35.5. The fourth-order valence-electron chi connectivity index (χ4n) is 2.59. The van der Waals surface area contributed by atoms with Gasteiger partial charge in [0.2, 0.25) is 5.95 Å². The van der Waals surface area contributed by atoms with Crippen LogP contribution in [0.4, 0.5) is 11.8 Å². The molecule has 2 aromatic carbocycles. The SMILES string of the molecule is CC(C)N(Cc1ccccc1)c1nncc(NCc2ccccc2Cl)n1. The lowest BCUT2D eigenvalue weighted by atomic mass is 10.2. The smallest absolute Gasteiger partial charge is 0.247 e. The Morgan fingerprint density at radius 3 is 2.50 bits per heavy atom. The van der Waals surface area contributed by atoms with Crippen molar-refractivity contribution < 1.29 is 0 Å². The molecular weight excluding hydrogens is 346 g/mol. The normalized spacial score (nSPS) is 10.8. The van der Waals surface area contributed by atoms with Gasteiger partial charge in [0.25, 0.3) is 0 Å². The van der Waals surface area contributed by atoms with E-state index in [1.165, 1.54) is 5.56 Å². The molecule has 0 spiro atoms. The third-order valence-corrected chi connectivity index (χ3v) is 4.41. The summed E-state index contributed by atoms with van der Waals surface area (Å²) in [6, 6.07) is 18.3. The summed E-state index contributed by atoms with van der Waals surface area (Å²) in [7, 11) is 0. The number of anilines is 2. The number of hydrogen-bond acceptors (Lipinski definition) is 5. The van der Waals surface area contributed by atoms with E-state index >= 15 is 0 Å². The van der Waals surface area contributed by atoms with Gasteiger partial charge < -0.3 is 10.2 Å². The highest BCUT2D eigenvalue weighted by Crippen LogP contribution is 2.19. The maximum absolute atomic E-state index is 6.21. The van der Waals surface area contributed by atoms with Crippen LogP contribution < -0.4 is 10.2 Å². The Balaban J connectivity index is 1.75. The van der Waals surface area contributed by atoms with E-state index in [4.69, 9.17) is 11.6 Å². The molecule has 1 heterocycles. The molecular formula is C20H22ClN5. The Labute approximate surface area is 159 Å². The molecule has 1 aromatic heterocycles. The van der Waals surface area contributed by atoms with Crippen LogP contribution in [0.25, 0.3) is 0 Å². The number of hydrogen-bond donors (Lipinski definition) is 1. The number of nitrogens with one attached hydrogen (secondary N) is 1. The fourth-order valence-corrected chi connectivity index (χ4v) is 2.80. The van der Waals surface area contributed by atoms with Gasteiger partial charge in [0.1, 0.15) is 0 Å². The van der Waals surface area contributed by atoms with E-state index < -0.39 is 0 Å². The second-order valence-corrected chi connectivity index (χ2v) is 6.70. The molecule has 3 aromatic rings. The zero-order chi connectivity index (χ0) is 18.4. The minimum Gasteiger partial charge on any atom is -0.364 e. The average Bonchev–Trinajstić information content (AvgIpc) is 2.66. The first-order chi connectivity index (χ1) is 12.6. The molecule has 0 atom stereocenters. The van der Waals surface area contributed by atoms with Crippen molar-refractivity contribution in [2.45, 2.75) is 33.0 Å². The van der Waals surface area contributed by atoms with E-state index in [1.54, 1.807) is 6.20 Å². The van der Waals surface area contributed by atoms with Crippen LogP contribution in [0.2, 0.25) is 5.02 Å². The lowest BCUT2D eigenvalue weighted by Gasteiger charge is -2.26. The Kier molecular flexibility index (Phi) is 6.02. The van der Waals surface area contributed by atoms with Crippen LogP contribution in [-0.4, -0.2) is 21.2 Å². The summed E-state index contributed by atoms with van der Waals surface area (Å²) in [5.41, 5.74) is 2.22. The van der Waals surface area contributed by atoms with Gasteiger partial charge in [-0.05, 0) is 31.0 Å². The molecule has 0 aliphatic heterocycles. The molecule has 0 aliphatic carbocycles. The van der Waals surface area contributed by atoms with Crippen LogP contribution in [0.5, 0.6) is 0 Å². The summed E-state index contributed by atoms with van der Waals surface area (Å²) in [5, 5.41) is 12.3. The number of halogens is 1. The zero-order valence-electron chi connectivity index (χ0n) is 14.9. The fraction of sp³-hybridized carbons (Fsp3) is 0.250. The third kappa shape index (κ3) is 4.70. The maximum Gasteiger partial charge on any atom is 0.247 e. The van der Waals surface area contributed by atoms with Crippen molar-refractivity contribution in [3.8, 4) is 0 Å². The third-order valence-electron chi connectivity index (χ3n) is 4.04. The molecule has 1 N–H and O–H groups in total. The maximum atomic E-state index is 6.21. The lowest BCUT2D eigenvalue weighted by Crippen LogP contribution is -2.32. The zero-order valence-corrected chi connectivity index (χ0v) is 15.7. The Hall–Kier alpha value is -2.66. The van der Waals surface area contributed by atoms with Crippen molar-refractivity contribution in [2.24, 2.45) is 0 Å². The van der Waals surface area contributed by atoms with Gasteiger partial charge in [-0.2, -0.15) is 10.1 Å². The van der Waals surface area contributed by atoms with Gasteiger partial charge in [-0.15, -0.1) is 5.10 Å². The first-order valence-electron chi connectivity index (χ1n) is 8.61. The summed E-state index contributed by atoms with van der Waals surface area (Å²) >= 11 is 6.21. The minimum absolute atomic E-state index is 0.246. The largest absolute Gasteiger partial charge is 0.364 e. The predicted molar refractivity (Wildman–Crippen MR) is 106 cm³/mol. The topological polar surface area (TPSA) is 53.9 Å². The minimum atomic E-state index is 0.246. The highest BCUT2D eigenvalue weighted by Gasteiger charge is 2.15. The van der Waals surface area contributed by atoms with Crippen LogP contribution in [0, 0.1) is 0 Å². The van der Waals surface area contributed by atoms with Crippen molar-refractivity contribution >= 4 is 23.4 Å². The molecule has 0 saturated heterocycles. The molecule has 0 amide bonds. The van der Waals surface area contributed by atoms with Crippen LogP contribution in [0.3, 0.4) is 0 Å². The van der Waals surface area contributed by atoms with Crippen molar-refractivity contribution in [2.75, 3.05) is 10.2 Å². The molecule has 0 fully saturated rings. The van der Waals surface area contributed by atoms with E-state index in [0.29, 0.717) is 18.3 Å². The van der Waals surface area contributed by atoms with Gasteiger partial charge >= 0.3 is 0 Å². The molecule has 3 rings (SSSR count). The van der Waals surface area contributed by atoms with Crippen LogP contribution in [-0.2, 0) is 13.1 Å². The number of aromatic nitrogens is 3. The van der Waals surface area contributed by atoms with Gasteiger partial charge in [0.05, 0.1) is 6.20 Å². The summed E-state index contributed by atoms with van der Waals surface area (Å²) in [4.78, 5) is 6.76. The highest BCUT2D eigenvalue weighted by molar-refractivity contribution is 6.31. The van der Waals surface area contributed by atoms with Crippen molar-refractivity contribution in [3.05, 3.63) is 76.9 Å². The molecule has 0 saturated carbocycles. The standard InChI is InChI=1S/C20H22ClN5/c1-15(2)26(14-16-8-4-3-5-9-16)20-24-19(13-23-25-20)22-12-17-10-6-7-11-18(17)21/h3-11,13,15H,12,14H2,1-2H3,(H,22,24,25). The Morgan fingerprint density at radius 2 is 1.77 bits per heavy atom. The van der Waals surface area contributed by atoms with Crippen LogP contribution >= 0.6 is 11.6 Å². The van der Waals surface area contributed by atoms with E-state index in [0.717, 1.165) is 17.1 Å². The average molecular weight is 368 g/mol. The van der Waals surface area contributed by atoms with Gasteiger partial charge in [0.15, 0.2) is 5.82 Å². The number of benzene rings is 2. The van der Waals surface area contributed by atoms with Gasteiger partial charge in [0, 0.05) is 24.2 Å². The van der Waals surface area contributed by atoms with Crippen molar-refractivity contribution in [3.63, 3.8) is 0 Å². The van der Waals surface area contributed by atoms with Gasteiger partial charge in [-0.25, -0.2) is 0 Å². The summed E-state index contributed by atoms with van der Waals surface area (Å²) in [6.45, 7) is 5.55. The summed E-state index contributed by atoms with van der Waals surface area (Å²) < 4.78 is 0. The predicted octanol–water partition coefficient (Wildman–Crippen LogP) is 4.55. The van der Waals surface area contributed by atoms with Gasteiger partial charge in [-0.3, -0.25) is 0 Å². The van der Waals surface area contributed by atoms with E-state index in [-0.39, 0.29) is 6.04 Å². The Morgan fingerprint density at radius 1 is 1.04 bits per heavy atom. The lowest BCUT2D eigenvalue weighted by molar-refractivity contribution is 0.652. The van der Waals surface area contributed by atoms with Crippen LogP contribution in [0.15, 0.2) is 60.8 Å². The molecule has 0 radical (unpaired) electrons. The monoisotopic (exact) mass is 367 g/mol. The Bertz CT molecular complexity index is 838. The molecule has 134 valence electrons. The summed E-state index contributed by atoms with van der Waals surface area (Å²) in [6.07, 6.45) is 1.63. The van der Waals surface area contributed by atoms with Gasteiger partial charge in [-0.1, -0.05) is 60.1 Å². The quantitative estimate of drug-likeness (QED) is 0.663. The molecule has 0 bridgehead atoms. The number of nitrogens with zero attached hydrogens (tertiary/aromatic N) is 4. The first kappa shape index (κ1) is 18.1. The first-order valence-corrected chi connectivity index (χ1v) is 8.99. The molecule has 26 heavy (non-hydrogen) atoms. The molecule has 6 heteroatoms. The second kappa shape index (κ2) is 8.63. The molecule has 5 nitrogen and oxygen atoms in total. The van der Waals surface area contributed by atoms with Crippen molar-refractivity contribution in [1.82, 2.24) is 15.2 Å². The van der Waals surface area contributed by atoms with Crippen LogP contribution in [0.1, 0.15) is 25.0 Å². The molecule has 0 unspecified atom stereocenters. The van der Waals surface area contributed by atoms with E-state index in [2.05, 4.69) is 51.4 Å². The second-order valence-electron chi connectivity index (χ2n) is 6.29. The van der Waals surface area contributed by atoms with Crippen molar-refractivity contribution in [1.29, 1.82) is 0 Å². The molecule has 0 aliphatic rings. The van der Waals surface area contributed by atoms with E-state index in [1.807, 2.05) is 42.5 Å².